The van der Waals surface area contributed by atoms with Crippen LogP contribution in [0.3, 0.4) is 0 Å². The van der Waals surface area contributed by atoms with Crippen molar-refractivity contribution >= 4 is 48.9 Å². The first-order valence-electron chi connectivity index (χ1n) is 4.57. The average molecular weight is 347 g/mol. The summed E-state index contributed by atoms with van der Waals surface area (Å²) in [6.45, 7) is 4.14. The molecule has 1 aromatic rings. The van der Waals surface area contributed by atoms with E-state index in [-0.39, 0.29) is 5.41 Å². The summed E-state index contributed by atoms with van der Waals surface area (Å²) in [4.78, 5) is 0. The molecule has 1 aromatic heterocycles. The van der Waals surface area contributed by atoms with E-state index in [1.54, 1.807) is 11.4 Å². The van der Waals surface area contributed by atoms with Crippen LogP contribution in [-0.4, -0.2) is 20.8 Å². The SMILES string of the molecule is CC(C)(CCl)CNS(=O)(=O)c1sccc1Br. The van der Waals surface area contributed by atoms with Crippen molar-refractivity contribution in [3.05, 3.63) is 15.9 Å². The number of hydrogen-bond acceptors (Lipinski definition) is 3. The van der Waals surface area contributed by atoms with Gasteiger partial charge in [-0.1, -0.05) is 13.8 Å². The summed E-state index contributed by atoms with van der Waals surface area (Å²) in [5, 5.41) is 1.73. The van der Waals surface area contributed by atoms with Crippen LogP contribution in [0.15, 0.2) is 20.1 Å². The summed E-state index contributed by atoms with van der Waals surface area (Å²) in [5.41, 5.74) is -0.252. The maximum atomic E-state index is 11.9. The summed E-state index contributed by atoms with van der Waals surface area (Å²) in [5.74, 6) is 0.404. The highest BCUT2D eigenvalue weighted by Crippen LogP contribution is 2.27. The summed E-state index contributed by atoms with van der Waals surface area (Å²) >= 11 is 10.1. The minimum absolute atomic E-state index is 0.252. The van der Waals surface area contributed by atoms with E-state index in [4.69, 9.17) is 11.6 Å². The Morgan fingerprint density at radius 3 is 2.62 bits per heavy atom. The van der Waals surface area contributed by atoms with E-state index in [1.807, 2.05) is 13.8 Å². The maximum Gasteiger partial charge on any atom is 0.251 e. The smallest absolute Gasteiger partial charge is 0.210 e. The number of alkyl halides is 1. The van der Waals surface area contributed by atoms with Gasteiger partial charge in [-0.3, -0.25) is 0 Å². The monoisotopic (exact) mass is 345 g/mol. The molecule has 0 aliphatic carbocycles. The minimum atomic E-state index is -3.43. The lowest BCUT2D eigenvalue weighted by Gasteiger charge is -2.21. The van der Waals surface area contributed by atoms with Crippen molar-refractivity contribution in [1.29, 1.82) is 0 Å². The normalized spacial score (nSPS) is 13.0. The predicted octanol–water partition coefficient (Wildman–Crippen LogP) is 3.05. The Hall–Kier alpha value is 0.380. The zero-order valence-electron chi connectivity index (χ0n) is 8.96. The molecule has 0 atom stereocenters. The molecule has 0 radical (unpaired) electrons. The summed E-state index contributed by atoms with van der Waals surface area (Å²) in [7, 11) is -3.43. The summed E-state index contributed by atoms with van der Waals surface area (Å²) in [6, 6.07) is 1.71. The Balaban J connectivity index is 2.79. The van der Waals surface area contributed by atoms with Crippen molar-refractivity contribution in [2.24, 2.45) is 5.41 Å². The van der Waals surface area contributed by atoms with E-state index >= 15 is 0 Å². The van der Waals surface area contributed by atoms with Gasteiger partial charge in [0, 0.05) is 16.9 Å². The largest absolute Gasteiger partial charge is 0.251 e. The second-order valence-electron chi connectivity index (χ2n) is 4.18. The van der Waals surface area contributed by atoms with Gasteiger partial charge in [0.1, 0.15) is 4.21 Å². The Morgan fingerprint density at radius 2 is 2.19 bits per heavy atom. The molecule has 0 amide bonds. The molecule has 1 rings (SSSR count). The standard InChI is InChI=1S/C9H13BrClNO2S2/c1-9(2,5-11)6-12-16(13,14)8-7(10)3-4-15-8/h3-4,12H,5-6H2,1-2H3. The molecule has 92 valence electrons. The van der Waals surface area contributed by atoms with Crippen LogP contribution < -0.4 is 4.72 Å². The maximum absolute atomic E-state index is 11.9. The predicted molar refractivity (Wildman–Crippen MR) is 71.7 cm³/mol. The number of sulfonamides is 1. The molecule has 0 saturated carbocycles. The van der Waals surface area contributed by atoms with Crippen LogP contribution >= 0.6 is 38.9 Å². The zero-order chi connectivity index (χ0) is 12.4. The van der Waals surface area contributed by atoms with Crippen molar-refractivity contribution in [2.75, 3.05) is 12.4 Å². The Morgan fingerprint density at radius 1 is 1.56 bits per heavy atom. The van der Waals surface area contributed by atoms with Gasteiger partial charge in [0.15, 0.2) is 0 Å². The Bertz CT molecular complexity index is 456. The fraction of sp³-hybridized carbons (Fsp3) is 0.556. The molecular formula is C9H13BrClNO2S2. The van der Waals surface area contributed by atoms with E-state index < -0.39 is 10.0 Å². The lowest BCUT2D eigenvalue weighted by molar-refractivity contribution is 0.414. The van der Waals surface area contributed by atoms with E-state index in [0.29, 0.717) is 21.1 Å². The van der Waals surface area contributed by atoms with Crippen molar-refractivity contribution < 1.29 is 8.42 Å². The van der Waals surface area contributed by atoms with Crippen LogP contribution in [0.4, 0.5) is 0 Å². The third-order valence-corrected chi connectivity index (χ3v) is 6.73. The topological polar surface area (TPSA) is 46.2 Å². The molecule has 16 heavy (non-hydrogen) atoms. The van der Waals surface area contributed by atoms with Gasteiger partial charge in [0.2, 0.25) is 0 Å². The third kappa shape index (κ3) is 3.70. The molecule has 0 aliphatic heterocycles. The van der Waals surface area contributed by atoms with Gasteiger partial charge in [-0.15, -0.1) is 22.9 Å². The zero-order valence-corrected chi connectivity index (χ0v) is 12.9. The highest BCUT2D eigenvalue weighted by Gasteiger charge is 2.23. The molecular weight excluding hydrogens is 334 g/mol. The van der Waals surface area contributed by atoms with E-state index in [9.17, 15) is 8.42 Å². The van der Waals surface area contributed by atoms with Crippen molar-refractivity contribution in [2.45, 2.75) is 18.1 Å². The van der Waals surface area contributed by atoms with E-state index in [2.05, 4.69) is 20.7 Å². The van der Waals surface area contributed by atoms with Crippen LogP contribution in [0.2, 0.25) is 0 Å². The van der Waals surface area contributed by atoms with Crippen molar-refractivity contribution in [1.82, 2.24) is 4.72 Å². The summed E-state index contributed by atoms with van der Waals surface area (Å²) in [6.07, 6.45) is 0. The highest BCUT2D eigenvalue weighted by molar-refractivity contribution is 9.10. The first-order valence-corrected chi connectivity index (χ1v) is 8.26. The quantitative estimate of drug-likeness (QED) is 0.833. The van der Waals surface area contributed by atoms with Crippen molar-refractivity contribution in [3.8, 4) is 0 Å². The highest BCUT2D eigenvalue weighted by atomic mass is 79.9. The second kappa shape index (κ2) is 5.35. The number of halogens is 2. The van der Waals surface area contributed by atoms with Gasteiger partial charge in [-0.2, -0.15) is 0 Å². The summed E-state index contributed by atoms with van der Waals surface area (Å²) < 4.78 is 27.3. The van der Waals surface area contributed by atoms with Gasteiger partial charge in [-0.25, -0.2) is 13.1 Å². The molecule has 0 unspecified atom stereocenters. The molecule has 1 N–H and O–H groups in total. The number of hydrogen-bond donors (Lipinski definition) is 1. The molecule has 7 heteroatoms. The third-order valence-electron chi connectivity index (χ3n) is 1.93. The molecule has 0 saturated heterocycles. The second-order valence-corrected chi connectivity index (χ2v) is 8.18. The molecule has 0 aromatic carbocycles. The molecule has 0 spiro atoms. The van der Waals surface area contributed by atoms with Crippen LogP contribution in [-0.2, 0) is 10.0 Å². The van der Waals surface area contributed by atoms with Crippen LogP contribution in [0, 0.1) is 5.41 Å². The van der Waals surface area contributed by atoms with Gasteiger partial charge < -0.3 is 0 Å². The fourth-order valence-electron chi connectivity index (χ4n) is 0.875. The van der Waals surface area contributed by atoms with E-state index in [1.165, 1.54) is 11.3 Å². The molecule has 3 nitrogen and oxygen atoms in total. The molecule has 0 fully saturated rings. The molecule has 0 bridgehead atoms. The minimum Gasteiger partial charge on any atom is -0.210 e. The Kier molecular flexibility index (Phi) is 4.83. The van der Waals surface area contributed by atoms with Crippen molar-refractivity contribution in [3.63, 3.8) is 0 Å². The van der Waals surface area contributed by atoms with Gasteiger partial charge in [0.05, 0.1) is 0 Å². The van der Waals surface area contributed by atoms with Crippen LogP contribution in [0.5, 0.6) is 0 Å². The molecule has 0 aliphatic rings. The van der Waals surface area contributed by atoms with Crippen LogP contribution in [0.25, 0.3) is 0 Å². The first kappa shape index (κ1) is 14.4. The van der Waals surface area contributed by atoms with Gasteiger partial charge in [0.25, 0.3) is 10.0 Å². The lowest BCUT2D eigenvalue weighted by atomic mass is 9.97. The molecule has 1 heterocycles. The number of nitrogens with one attached hydrogen (secondary N) is 1. The van der Waals surface area contributed by atoms with E-state index in [0.717, 1.165) is 0 Å². The fourth-order valence-corrected chi connectivity index (χ4v) is 4.59. The number of thiophene rings is 1. The van der Waals surface area contributed by atoms with Gasteiger partial charge in [-0.05, 0) is 32.8 Å². The first-order chi connectivity index (χ1) is 7.28. The lowest BCUT2D eigenvalue weighted by Crippen LogP contribution is -2.34. The van der Waals surface area contributed by atoms with Gasteiger partial charge >= 0.3 is 0 Å². The Labute approximate surface area is 113 Å². The van der Waals surface area contributed by atoms with Crippen LogP contribution in [0.1, 0.15) is 13.8 Å². The number of rotatable bonds is 5. The average Bonchev–Trinajstić information content (AvgIpc) is 2.63.